The van der Waals surface area contributed by atoms with Crippen molar-refractivity contribution < 1.29 is 28.6 Å². The monoisotopic (exact) mass is 353 g/mol. The van der Waals surface area contributed by atoms with Crippen LogP contribution in [0.25, 0.3) is 0 Å². The maximum Gasteiger partial charge on any atom is 0.330 e. The lowest BCUT2D eigenvalue weighted by Crippen LogP contribution is -2.76. The van der Waals surface area contributed by atoms with Crippen LogP contribution in [0.3, 0.4) is 0 Å². The summed E-state index contributed by atoms with van der Waals surface area (Å²) in [6.07, 6.45) is -0.238. The maximum atomic E-state index is 13.4. The van der Waals surface area contributed by atoms with Gasteiger partial charge in [0.15, 0.2) is 0 Å². The third-order valence-electron chi connectivity index (χ3n) is 5.08. The largest absolute Gasteiger partial charge is 0.496 e. The van der Waals surface area contributed by atoms with Gasteiger partial charge in [-0.25, -0.2) is 9.18 Å². The Morgan fingerprint density at radius 2 is 2.08 bits per heavy atom. The molecule has 1 aromatic rings. The van der Waals surface area contributed by atoms with Crippen LogP contribution >= 0.6 is 0 Å². The van der Waals surface area contributed by atoms with Crippen LogP contribution in [0.1, 0.15) is 32.8 Å². The summed E-state index contributed by atoms with van der Waals surface area (Å²) in [6, 6.07) is 3.88. The van der Waals surface area contributed by atoms with Crippen LogP contribution in [0, 0.1) is 11.2 Å². The Balaban J connectivity index is 2.18. The van der Waals surface area contributed by atoms with E-state index in [1.807, 2.05) is 6.92 Å². The zero-order chi connectivity index (χ0) is 18.8. The molecule has 2 unspecified atom stereocenters. The predicted octanol–water partition coefficient (Wildman–Crippen LogP) is 2.15. The van der Waals surface area contributed by atoms with Crippen molar-refractivity contribution >= 4 is 11.9 Å². The summed E-state index contributed by atoms with van der Waals surface area (Å²) in [5.41, 5.74) is -1.82. The molecule has 0 aliphatic heterocycles. The van der Waals surface area contributed by atoms with Crippen LogP contribution in [0.5, 0.6) is 5.75 Å². The summed E-state index contributed by atoms with van der Waals surface area (Å²) >= 11 is 0. The van der Waals surface area contributed by atoms with Gasteiger partial charge < -0.3 is 19.9 Å². The molecule has 6 nitrogen and oxygen atoms in total. The number of rotatable bonds is 7. The molecule has 2 rings (SSSR count). The van der Waals surface area contributed by atoms with Crippen LogP contribution in [0.15, 0.2) is 18.2 Å². The third-order valence-corrected chi connectivity index (χ3v) is 5.08. The Kier molecular flexibility index (Phi) is 5.37. The van der Waals surface area contributed by atoms with E-state index >= 15 is 0 Å². The summed E-state index contributed by atoms with van der Waals surface area (Å²) in [6.45, 7) is 5.83. The van der Waals surface area contributed by atoms with E-state index in [9.17, 15) is 19.1 Å². The summed E-state index contributed by atoms with van der Waals surface area (Å²) < 4.78 is 24.1. The molecule has 7 heteroatoms. The molecule has 0 aromatic heterocycles. The third kappa shape index (κ3) is 3.33. The molecule has 1 aromatic carbocycles. The number of hydrogen-bond donors (Lipinski definition) is 2. The van der Waals surface area contributed by atoms with Crippen LogP contribution in [-0.2, 0) is 20.7 Å². The molecular formula is C18H24FNO5. The SMILES string of the molecule is CCOC1CC(NC(=O)Cc2cc(F)ccc2OC)(C(=O)O)C1(C)C. The average molecular weight is 353 g/mol. The van der Waals surface area contributed by atoms with Crippen molar-refractivity contribution in [3.63, 3.8) is 0 Å². The molecule has 1 aliphatic carbocycles. The minimum atomic E-state index is -1.41. The first-order valence-electron chi connectivity index (χ1n) is 8.16. The predicted molar refractivity (Wildman–Crippen MR) is 89.0 cm³/mol. The number of aliphatic carboxylic acids is 1. The summed E-state index contributed by atoms with van der Waals surface area (Å²) in [7, 11) is 1.43. The van der Waals surface area contributed by atoms with Crippen LogP contribution < -0.4 is 10.1 Å². The fourth-order valence-corrected chi connectivity index (χ4v) is 3.38. The van der Waals surface area contributed by atoms with E-state index in [1.165, 1.54) is 25.3 Å². The molecule has 0 radical (unpaired) electrons. The number of methoxy groups -OCH3 is 1. The number of nitrogens with one attached hydrogen (secondary N) is 1. The maximum absolute atomic E-state index is 13.4. The Hall–Kier alpha value is -2.15. The summed E-state index contributed by atoms with van der Waals surface area (Å²) in [4.78, 5) is 24.3. The number of carboxylic acids is 1. The van der Waals surface area contributed by atoms with E-state index in [-0.39, 0.29) is 18.9 Å². The van der Waals surface area contributed by atoms with Crippen molar-refractivity contribution in [2.24, 2.45) is 5.41 Å². The molecule has 1 fully saturated rings. The van der Waals surface area contributed by atoms with Gasteiger partial charge >= 0.3 is 5.97 Å². The zero-order valence-electron chi connectivity index (χ0n) is 14.9. The Bertz CT molecular complexity index is 675. The molecule has 2 atom stereocenters. The minimum absolute atomic E-state index is 0.175. The zero-order valence-corrected chi connectivity index (χ0v) is 14.9. The first-order chi connectivity index (χ1) is 11.7. The van der Waals surface area contributed by atoms with E-state index < -0.39 is 28.6 Å². The van der Waals surface area contributed by atoms with Gasteiger partial charge in [-0.2, -0.15) is 0 Å². The fourth-order valence-electron chi connectivity index (χ4n) is 3.38. The van der Waals surface area contributed by atoms with Crippen molar-refractivity contribution in [3.05, 3.63) is 29.6 Å². The smallest absolute Gasteiger partial charge is 0.330 e. The van der Waals surface area contributed by atoms with Crippen molar-refractivity contribution in [1.82, 2.24) is 5.32 Å². The van der Waals surface area contributed by atoms with Crippen molar-refractivity contribution in [2.45, 2.75) is 45.3 Å². The number of ether oxygens (including phenoxy) is 2. The van der Waals surface area contributed by atoms with Crippen molar-refractivity contribution in [3.8, 4) is 5.75 Å². The van der Waals surface area contributed by atoms with Gasteiger partial charge in [0, 0.05) is 24.0 Å². The minimum Gasteiger partial charge on any atom is -0.496 e. The molecular weight excluding hydrogens is 329 g/mol. The molecule has 0 saturated heterocycles. The van der Waals surface area contributed by atoms with E-state index in [1.54, 1.807) is 13.8 Å². The summed E-state index contributed by atoms with van der Waals surface area (Å²) in [5.74, 6) is -1.72. The molecule has 1 saturated carbocycles. The van der Waals surface area contributed by atoms with Gasteiger partial charge in [-0.1, -0.05) is 13.8 Å². The highest BCUT2D eigenvalue weighted by atomic mass is 19.1. The Morgan fingerprint density at radius 3 is 2.60 bits per heavy atom. The van der Waals surface area contributed by atoms with E-state index in [2.05, 4.69) is 5.32 Å². The van der Waals surface area contributed by atoms with Gasteiger partial charge in [0.25, 0.3) is 0 Å². The second kappa shape index (κ2) is 7.00. The highest BCUT2D eigenvalue weighted by Crippen LogP contribution is 2.51. The van der Waals surface area contributed by atoms with Crippen molar-refractivity contribution in [2.75, 3.05) is 13.7 Å². The molecule has 0 spiro atoms. The number of benzene rings is 1. The number of halogens is 1. The highest BCUT2D eigenvalue weighted by Gasteiger charge is 2.66. The van der Waals surface area contributed by atoms with Gasteiger partial charge in [-0.05, 0) is 25.1 Å². The number of carboxylic acid groups (broad SMARTS) is 1. The van der Waals surface area contributed by atoms with E-state index in [0.29, 0.717) is 17.9 Å². The fraction of sp³-hybridized carbons (Fsp3) is 0.556. The van der Waals surface area contributed by atoms with Crippen molar-refractivity contribution in [1.29, 1.82) is 0 Å². The first kappa shape index (κ1) is 19.2. The number of carbonyl (C=O) groups is 2. The molecule has 138 valence electrons. The van der Waals surface area contributed by atoms with Crippen LogP contribution in [0.4, 0.5) is 4.39 Å². The highest BCUT2D eigenvalue weighted by molar-refractivity contribution is 5.90. The van der Waals surface area contributed by atoms with Gasteiger partial charge in [-0.3, -0.25) is 4.79 Å². The summed E-state index contributed by atoms with van der Waals surface area (Å²) in [5, 5.41) is 12.3. The molecule has 0 bridgehead atoms. The van der Waals surface area contributed by atoms with E-state index in [4.69, 9.17) is 9.47 Å². The molecule has 1 aliphatic rings. The lowest BCUT2D eigenvalue weighted by atomic mass is 9.54. The molecule has 25 heavy (non-hydrogen) atoms. The number of carbonyl (C=O) groups excluding carboxylic acids is 1. The second-order valence-electron chi connectivity index (χ2n) is 6.76. The van der Waals surface area contributed by atoms with E-state index in [0.717, 1.165) is 0 Å². The first-order valence-corrected chi connectivity index (χ1v) is 8.16. The molecule has 0 heterocycles. The Morgan fingerprint density at radius 1 is 1.40 bits per heavy atom. The van der Waals surface area contributed by atoms with Crippen LogP contribution in [0.2, 0.25) is 0 Å². The van der Waals surface area contributed by atoms with Crippen LogP contribution in [-0.4, -0.2) is 42.3 Å². The Labute approximate surface area is 146 Å². The lowest BCUT2D eigenvalue weighted by Gasteiger charge is -2.58. The quantitative estimate of drug-likeness (QED) is 0.785. The lowest BCUT2D eigenvalue weighted by molar-refractivity contribution is -0.194. The van der Waals surface area contributed by atoms with Gasteiger partial charge in [0.1, 0.15) is 17.1 Å². The standard InChI is InChI=1S/C18H24FNO5/c1-5-25-14-10-18(16(22)23,17(14,2)3)20-15(21)9-11-8-12(19)6-7-13(11)24-4/h6-8,14H,5,9-10H2,1-4H3,(H,20,21)(H,22,23). The molecule has 1 amide bonds. The average Bonchev–Trinajstić information content (AvgIpc) is 2.53. The van der Waals surface area contributed by atoms with Gasteiger partial charge in [-0.15, -0.1) is 0 Å². The van der Waals surface area contributed by atoms with Gasteiger partial charge in [0.2, 0.25) is 5.91 Å². The normalized spacial score (nSPS) is 24.3. The molecule has 2 N–H and O–H groups in total. The van der Waals surface area contributed by atoms with Gasteiger partial charge in [0.05, 0.1) is 19.6 Å². The second-order valence-corrected chi connectivity index (χ2v) is 6.76. The topological polar surface area (TPSA) is 84.9 Å². The number of amides is 1. The number of hydrogen-bond acceptors (Lipinski definition) is 4.